The van der Waals surface area contributed by atoms with Crippen LogP contribution in [0.15, 0.2) is 36.4 Å². The molecule has 1 aromatic rings. The topological polar surface area (TPSA) is 58.6 Å². The number of rotatable bonds is 3. The number of amides is 2. The van der Waals surface area contributed by atoms with Crippen molar-refractivity contribution in [1.82, 2.24) is 10.2 Å². The van der Waals surface area contributed by atoms with Crippen molar-refractivity contribution in [3.8, 4) is 5.75 Å². The summed E-state index contributed by atoms with van der Waals surface area (Å²) in [5.41, 5.74) is 0.867. The van der Waals surface area contributed by atoms with E-state index in [0.717, 1.165) is 19.3 Å². The Hall–Kier alpha value is -2.30. The largest absolute Gasteiger partial charge is 0.497 e. The Balaban J connectivity index is 1.35. The van der Waals surface area contributed by atoms with Crippen molar-refractivity contribution in [2.45, 2.75) is 64.5 Å². The molecule has 1 heterocycles. The zero-order chi connectivity index (χ0) is 22.7. The molecule has 0 saturated heterocycles. The van der Waals surface area contributed by atoms with Crippen molar-refractivity contribution >= 4 is 11.8 Å². The molecule has 172 valence electrons. The van der Waals surface area contributed by atoms with E-state index in [9.17, 15) is 9.59 Å². The van der Waals surface area contributed by atoms with E-state index in [1.807, 2.05) is 36.2 Å². The number of likely N-dealkylation sites (N-methyl/N-ethyl adjacent to an activating group) is 1. The van der Waals surface area contributed by atoms with Crippen LogP contribution in [0.4, 0.5) is 0 Å². The number of hydrogen-bond acceptors (Lipinski definition) is 3. The second-order valence-corrected chi connectivity index (χ2v) is 11.0. The lowest BCUT2D eigenvalue weighted by Crippen LogP contribution is -2.60. The van der Waals surface area contributed by atoms with Gasteiger partial charge >= 0.3 is 0 Å². The number of nitrogens with one attached hydrogen (secondary N) is 1. The third-order valence-corrected chi connectivity index (χ3v) is 9.76. The second kappa shape index (κ2) is 7.64. The second-order valence-electron chi connectivity index (χ2n) is 11.0. The van der Waals surface area contributed by atoms with Crippen LogP contribution < -0.4 is 10.1 Å². The van der Waals surface area contributed by atoms with Gasteiger partial charge in [-0.3, -0.25) is 9.59 Å². The Bertz CT molecular complexity index is 958. The maximum Gasteiger partial charge on any atom is 0.251 e. The predicted molar refractivity (Wildman–Crippen MR) is 124 cm³/mol. The molecule has 0 radical (unpaired) electrons. The Morgan fingerprint density at radius 1 is 1.12 bits per heavy atom. The van der Waals surface area contributed by atoms with Crippen LogP contribution in [0.3, 0.4) is 0 Å². The van der Waals surface area contributed by atoms with E-state index < -0.39 is 0 Å². The average molecular weight is 437 g/mol. The number of nitrogens with zero attached hydrogens (tertiary/aromatic N) is 1. The number of carbonyl (C=O) groups excluding carboxylic acids is 2. The van der Waals surface area contributed by atoms with Crippen LogP contribution in [0.5, 0.6) is 5.75 Å². The van der Waals surface area contributed by atoms with E-state index in [0.29, 0.717) is 35.1 Å². The lowest BCUT2D eigenvalue weighted by atomic mass is 9.48. The molecule has 1 N–H and O–H groups in total. The summed E-state index contributed by atoms with van der Waals surface area (Å²) in [5.74, 6) is 2.77. The van der Waals surface area contributed by atoms with Crippen LogP contribution in [0, 0.1) is 28.6 Å². The molecule has 7 atom stereocenters. The van der Waals surface area contributed by atoms with Gasteiger partial charge in [0, 0.05) is 30.1 Å². The van der Waals surface area contributed by atoms with E-state index in [2.05, 4.69) is 25.2 Å². The van der Waals surface area contributed by atoms with Gasteiger partial charge in [-0.15, -0.1) is 0 Å². The number of fused-ring (bicyclic) bond motifs is 5. The van der Waals surface area contributed by atoms with Crippen molar-refractivity contribution in [1.29, 1.82) is 0 Å². The summed E-state index contributed by atoms with van der Waals surface area (Å²) in [5, 5.41) is 3.40. The van der Waals surface area contributed by atoms with Gasteiger partial charge < -0.3 is 15.0 Å². The molecule has 5 nitrogen and oxygen atoms in total. The lowest BCUT2D eigenvalue weighted by Gasteiger charge is -2.60. The van der Waals surface area contributed by atoms with E-state index in [1.54, 1.807) is 13.2 Å². The minimum atomic E-state index is 0.00363. The Labute approximate surface area is 191 Å². The molecule has 0 bridgehead atoms. The first-order valence-electron chi connectivity index (χ1n) is 12.2. The third kappa shape index (κ3) is 3.11. The van der Waals surface area contributed by atoms with Gasteiger partial charge in [0.25, 0.3) is 5.91 Å². The van der Waals surface area contributed by atoms with Crippen molar-refractivity contribution < 1.29 is 14.3 Å². The lowest BCUT2D eigenvalue weighted by molar-refractivity contribution is -0.138. The van der Waals surface area contributed by atoms with Gasteiger partial charge in [-0.2, -0.15) is 0 Å². The highest BCUT2D eigenvalue weighted by Gasteiger charge is 2.60. The van der Waals surface area contributed by atoms with Crippen LogP contribution >= 0.6 is 0 Å². The highest BCUT2D eigenvalue weighted by molar-refractivity contribution is 5.94. The van der Waals surface area contributed by atoms with Crippen molar-refractivity contribution in [2.24, 2.45) is 28.6 Å². The average Bonchev–Trinajstić information content (AvgIpc) is 3.12. The van der Waals surface area contributed by atoms with Gasteiger partial charge in [-0.05, 0) is 86.0 Å². The van der Waals surface area contributed by atoms with Crippen molar-refractivity contribution in [3.05, 3.63) is 42.0 Å². The van der Waals surface area contributed by atoms with Crippen LogP contribution in [0.1, 0.15) is 62.7 Å². The van der Waals surface area contributed by atoms with Gasteiger partial charge in [0.15, 0.2) is 0 Å². The molecule has 32 heavy (non-hydrogen) atoms. The molecule has 1 aliphatic heterocycles. The molecule has 5 rings (SSSR count). The van der Waals surface area contributed by atoms with Crippen molar-refractivity contribution in [2.75, 3.05) is 14.2 Å². The van der Waals surface area contributed by atoms with Gasteiger partial charge in [-0.1, -0.05) is 26.0 Å². The molecular weight excluding hydrogens is 400 g/mol. The molecule has 4 aliphatic rings. The van der Waals surface area contributed by atoms with Crippen LogP contribution in [0.25, 0.3) is 0 Å². The summed E-state index contributed by atoms with van der Waals surface area (Å²) in [6, 6.07) is 7.94. The predicted octanol–water partition coefficient (Wildman–Crippen LogP) is 4.43. The fourth-order valence-electron chi connectivity index (χ4n) is 7.98. The molecule has 1 aromatic carbocycles. The van der Waals surface area contributed by atoms with Crippen LogP contribution in [-0.4, -0.2) is 43.0 Å². The number of hydrogen-bond donors (Lipinski definition) is 1. The van der Waals surface area contributed by atoms with Gasteiger partial charge in [0.05, 0.1) is 7.11 Å². The zero-order valence-corrected chi connectivity index (χ0v) is 19.8. The minimum absolute atomic E-state index is 0.00363. The summed E-state index contributed by atoms with van der Waals surface area (Å²) < 4.78 is 5.30. The first kappa shape index (κ1) is 21.5. The molecule has 5 heteroatoms. The normalized spacial score (nSPS) is 40.3. The SMILES string of the molecule is COc1cccc(C(=O)NC2CC[C@H]3[C@@H]4CCC5N(C)C(=O)C=C[C@]5(C)[C@@H]4CC[C@]23C)c1. The standard InChI is InChI=1S/C27H36N2O3/c1-26-14-12-21-19(8-11-23-27(21,2)15-13-24(30)29(23)3)20(26)9-10-22(26)28-25(31)17-6-5-7-18(16-17)32-4/h5-7,13,15-16,19-23H,8-12,14H2,1-4H3,(H,28,31)/t19-,20-,21+,22?,23?,26-,27+/m0/s1. The molecule has 3 fully saturated rings. The Morgan fingerprint density at radius 2 is 1.94 bits per heavy atom. The Morgan fingerprint density at radius 3 is 2.72 bits per heavy atom. The molecule has 0 aromatic heterocycles. The molecule has 0 spiro atoms. The number of methoxy groups -OCH3 is 1. The quantitative estimate of drug-likeness (QED) is 0.762. The van der Waals surface area contributed by atoms with E-state index in [-0.39, 0.29) is 28.7 Å². The van der Waals surface area contributed by atoms with Gasteiger partial charge in [0.2, 0.25) is 5.91 Å². The fraction of sp³-hybridized carbons (Fsp3) is 0.630. The highest BCUT2D eigenvalue weighted by atomic mass is 16.5. The number of ether oxygens (including phenoxy) is 1. The summed E-state index contributed by atoms with van der Waals surface area (Å²) in [7, 11) is 3.60. The van der Waals surface area contributed by atoms with E-state index in [1.165, 1.54) is 19.3 Å². The van der Waals surface area contributed by atoms with Crippen LogP contribution in [-0.2, 0) is 4.79 Å². The summed E-state index contributed by atoms with van der Waals surface area (Å²) in [4.78, 5) is 27.3. The first-order chi connectivity index (χ1) is 15.3. The van der Waals surface area contributed by atoms with Gasteiger partial charge in [0.1, 0.15) is 5.75 Å². The zero-order valence-electron chi connectivity index (χ0n) is 19.8. The Kier molecular flexibility index (Phi) is 5.14. The smallest absolute Gasteiger partial charge is 0.251 e. The fourth-order valence-corrected chi connectivity index (χ4v) is 7.98. The summed E-state index contributed by atoms with van der Waals surface area (Å²) in [6.07, 6.45) is 10.8. The molecule has 2 amide bonds. The highest BCUT2D eigenvalue weighted by Crippen LogP contribution is 2.63. The molecular formula is C27H36N2O3. The molecule has 3 saturated carbocycles. The van der Waals surface area contributed by atoms with E-state index >= 15 is 0 Å². The monoisotopic (exact) mass is 436 g/mol. The molecule has 2 unspecified atom stereocenters. The maximum atomic E-state index is 13.1. The summed E-state index contributed by atoms with van der Waals surface area (Å²) in [6.45, 7) is 4.80. The van der Waals surface area contributed by atoms with Crippen LogP contribution in [0.2, 0.25) is 0 Å². The maximum absolute atomic E-state index is 13.1. The van der Waals surface area contributed by atoms with Crippen molar-refractivity contribution in [3.63, 3.8) is 0 Å². The first-order valence-corrected chi connectivity index (χ1v) is 12.2. The summed E-state index contributed by atoms with van der Waals surface area (Å²) >= 11 is 0. The molecule has 3 aliphatic carbocycles. The number of benzene rings is 1. The van der Waals surface area contributed by atoms with E-state index in [4.69, 9.17) is 4.74 Å². The third-order valence-electron chi connectivity index (χ3n) is 9.76. The van der Waals surface area contributed by atoms with Gasteiger partial charge in [-0.25, -0.2) is 0 Å². The number of carbonyl (C=O) groups is 2. The minimum Gasteiger partial charge on any atom is -0.497 e.